The van der Waals surface area contributed by atoms with Crippen molar-refractivity contribution >= 4 is 21.8 Å². The molecule has 0 aliphatic carbocycles. The average molecular weight is 385 g/mol. The molecule has 0 aliphatic rings. The first-order valence-electron chi connectivity index (χ1n) is 9.00. The third-order valence-electron chi connectivity index (χ3n) is 4.93. The largest absolute Gasteiger partial charge is 0.294 e. The summed E-state index contributed by atoms with van der Waals surface area (Å²) in [6.07, 6.45) is 2.79. The summed E-state index contributed by atoms with van der Waals surface area (Å²) >= 11 is 0. The minimum Gasteiger partial charge on any atom is -0.282 e. The quantitative estimate of drug-likeness (QED) is 0.385. The molecule has 0 amide bonds. The lowest BCUT2D eigenvalue weighted by molar-refractivity contribution is 0.482. The molecule has 2 aromatic carbocycles. The summed E-state index contributed by atoms with van der Waals surface area (Å²) in [5, 5.41) is 0. The predicted molar refractivity (Wildman–Crippen MR) is 113 cm³/mol. The first-order chi connectivity index (χ1) is 12.5. The van der Waals surface area contributed by atoms with Crippen molar-refractivity contribution in [1.82, 2.24) is 0 Å². The molecule has 4 heteroatoms. The van der Waals surface area contributed by atoms with Crippen LogP contribution in [0.2, 0.25) is 0 Å². The van der Waals surface area contributed by atoms with Crippen molar-refractivity contribution in [3.63, 3.8) is 0 Å². The van der Waals surface area contributed by atoms with Crippen LogP contribution in [0.1, 0.15) is 48.6 Å². The molecular weight excluding hydrogens is 356 g/mol. The molecule has 3 nitrogen and oxygen atoms in total. The van der Waals surface area contributed by atoms with Crippen LogP contribution in [-0.2, 0) is 16.5 Å². The van der Waals surface area contributed by atoms with Crippen molar-refractivity contribution in [2.24, 2.45) is 5.92 Å². The van der Waals surface area contributed by atoms with Gasteiger partial charge in [0.05, 0.1) is 4.90 Å². The highest BCUT2D eigenvalue weighted by Crippen LogP contribution is 2.30. The molecule has 2 aromatic rings. The Morgan fingerprint density at radius 1 is 1.15 bits per heavy atom. The van der Waals surface area contributed by atoms with E-state index in [-0.39, 0.29) is 10.8 Å². The number of hydrogen-bond acceptors (Lipinski definition) is 2. The molecule has 0 heterocycles. The van der Waals surface area contributed by atoms with E-state index in [4.69, 9.17) is 0 Å². The monoisotopic (exact) mass is 384 g/mol. The number of rotatable bonds is 6. The number of allylic oxidation sites excluding steroid dienone is 2. The molecule has 0 aromatic heterocycles. The second-order valence-corrected chi connectivity index (χ2v) is 8.83. The van der Waals surface area contributed by atoms with Crippen molar-refractivity contribution in [1.29, 1.82) is 0 Å². The Hall–Kier alpha value is -2.17. The molecule has 1 unspecified atom stereocenters. The summed E-state index contributed by atoms with van der Waals surface area (Å²) < 4.78 is 33.2. The lowest BCUT2D eigenvalue weighted by atomic mass is 9.89. The van der Waals surface area contributed by atoms with Crippen LogP contribution in [0.15, 0.2) is 53.4 Å². The van der Waals surface area contributed by atoms with Gasteiger partial charge in [-0.25, -0.2) is 0 Å². The summed E-state index contributed by atoms with van der Waals surface area (Å²) in [5.41, 5.74) is 6.70. The summed E-state index contributed by atoms with van der Waals surface area (Å²) in [5.74, 6) is 0.270. The third kappa shape index (κ3) is 5.41. The molecule has 0 saturated carbocycles. The highest BCUT2D eigenvalue weighted by Gasteiger charge is 2.18. The van der Waals surface area contributed by atoms with E-state index in [1.807, 2.05) is 57.2 Å². The van der Waals surface area contributed by atoms with Gasteiger partial charge in [-0.1, -0.05) is 61.0 Å². The van der Waals surface area contributed by atoms with Gasteiger partial charge in [0.1, 0.15) is 0 Å². The molecule has 0 fully saturated rings. The van der Waals surface area contributed by atoms with Crippen LogP contribution in [0.4, 0.5) is 0 Å². The van der Waals surface area contributed by atoms with Gasteiger partial charge in [0.25, 0.3) is 10.1 Å². The van der Waals surface area contributed by atoms with Crippen LogP contribution in [0.5, 0.6) is 0 Å². The number of benzene rings is 2. The maximum absolute atomic E-state index is 11.8. The van der Waals surface area contributed by atoms with Crippen LogP contribution >= 0.6 is 0 Å². The van der Waals surface area contributed by atoms with Gasteiger partial charge in [-0.05, 0) is 73.9 Å². The van der Waals surface area contributed by atoms with E-state index < -0.39 is 10.1 Å². The summed E-state index contributed by atoms with van der Waals surface area (Å²) in [6.45, 7) is 13.8. The van der Waals surface area contributed by atoms with Gasteiger partial charge in [-0.3, -0.25) is 4.55 Å². The zero-order valence-corrected chi connectivity index (χ0v) is 17.5. The van der Waals surface area contributed by atoms with Gasteiger partial charge in [0, 0.05) is 0 Å². The Morgan fingerprint density at radius 3 is 2.26 bits per heavy atom. The molecule has 27 heavy (non-hydrogen) atoms. The minimum atomic E-state index is -4.27. The van der Waals surface area contributed by atoms with Crippen LogP contribution in [0.3, 0.4) is 0 Å². The predicted octanol–water partition coefficient (Wildman–Crippen LogP) is 5.87. The molecule has 0 saturated heterocycles. The summed E-state index contributed by atoms with van der Waals surface area (Å²) in [7, 11) is -4.27. The van der Waals surface area contributed by atoms with Crippen LogP contribution < -0.4 is 0 Å². The summed E-state index contributed by atoms with van der Waals surface area (Å²) in [6, 6.07) is 11.6. The lowest BCUT2D eigenvalue weighted by Crippen LogP contribution is -2.07. The Morgan fingerprint density at radius 2 is 1.74 bits per heavy atom. The molecule has 1 N–H and O–H groups in total. The van der Waals surface area contributed by atoms with E-state index in [9.17, 15) is 13.0 Å². The van der Waals surface area contributed by atoms with E-state index in [1.165, 1.54) is 5.56 Å². The van der Waals surface area contributed by atoms with Gasteiger partial charge in [-0.2, -0.15) is 8.42 Å². The van der Waals surface area contributed by atoms with E-state index >= 15 is 0 Å². The molecule has 144 valence electrons. The van der Waals surface area contributed by atoms with Crippen molar-refractivity contribution in [2.45, 2.75) is 45.9 Å². The van der Waals surface area contributed by atoms with Crippen molar-refractivity contribution in [3.8, 4) is 0 Å². The van der Waals surface area contributed by atoms with Gasteiger partial charge in [-0.15, -0.1) is 0 Å². The molecule has 0 spiro atoms. The molecule has 0 bridgehead atoms. The van der Waals surface area contributed by atoms with Crippen molar-refractivity contribution < 1.29 is 13.0 Å². The fourth-order valence-electron chi connectivity index (χ4n) is 3.06. The van der Waals surface area contributed by atoms with Gasteiger partial charge in [0.2, 0.25) is 0 Å². The highest BCUT2D eigenvalue weighted by atomic mass is 32.2. The van der Waals surface area contributed by atoms with E-state index in [1.54, 1.807) is 13.0 Å². The van der Waals surface area contributed by atoms with Crippen LogP contribution in [0, 0.1) is 19.8 Å². The fourth-order valence-corrected chi connectivity index (χ4v) is 3.79. The van der Waals surface area contributed by atoms with Gasteiger partial charge >= 0.3 is 0 Å². The average Bonchev–Trinajstić information content (AvgIpc) is 2.55. The standard InChI is InChI=1S/C23H28O3S/c1-15(2)17(4)12-21-13-19(6)23(27(24,25)26)14-22(21)18(5)11-20-9-7-16(3)8-10-20/h7-11,13-14,17H,1,12H2,2-6H3,(H,24,25,26). The molecule has 0 aliphatic heterocycles. The Labute approximate surface area is 163 Å². The zero-order chi connectivity index (χ0) is 20.4. The van der Waals surface area contributed by atoms with Crippen molar-refractivity contribution in [2.75, 3.05) is 0 Å². The van der Waals surface area contributed by atoms with Gasteiger partial charge in [0.15, 0.2) is 0 Å². The molecule has 0 radical (unpaired) electrons. The Bertz CT molecular complexity index is 981. The van der Waals surface area contributed by atoms with Crippen LogP contribution in [0.25, 0.3) is 11.6 Å². The molecule has 1 atom stereocenters. The van der Waals surface area contributed by atoms with Crippen LogP contribution in [-0.4, -0.2) is 13.0 Å². The molecule has 2 rings (SSSR count). The van der Waals surface area contributed by atoms with Crippen molar-refractivity contribution in [3.05, 3.63) is 76.4 Å². The van der Waals surface area contributed by atoms with E-state index in [0.717, 1.165) is 34.3 Å². The smallest absolute Gasteiger partial charge is 0.282 e. The topological polar surface area (TPSA) is 54.4 Å². The van der Waals surface area contributed by atoms with Gasteiger partial charge < -0.3 is 0 Å². The summed E-state index contributed by atoms with van der Waals surface area (Å²) in [4.78, 5) is -0.0408. The second-order valence-electron chi connectivity index (χ2n) is 7.44. The maximum atomic E-state index is 11.8. The normalized spacial score (nSPS) is 13.5. The first-order valence-corrected chi connectivity index (χ1v) is 10.4. The molecular formula is C23H28O3S. The lowest BCUT2D eigenvalue weighted by Gasteiger charge is -2.18. The number of hydrogen-bond donors (Lipinski definition) is 1. The SMILES string of the molecule is C=C(C)C(C)Cc1cc(C)c(S(=O)(=O)O)cc1C(C)=Cc1ccc(C)cc1. The fraction of sp³-hybridized carbons (Fsp3) is 0.304. The van der Waals surface area contributed by atoms with E-state index in [2.05, 4.69) is 13.5 Å². The minimum absolute atomic E-state index is 0.0408. The number of aryl methyl sites for hydroxylation is 2. The highest BCUT2D eigenvalue weighted by molar-refractivity contribution is 7.85. The third-order valence-corrected chi connectivity index (χ3v) is 5.93. The Kier molecular flexibility index (Phi) is 6.45. The second kappa shape index (κ2) is 8.24. The zero-order valence-electron chi connectivity index (χ0n) is 16.7. The first kappa shape index (κ1) is 21.1. The Balaban J connectivity index is 2.62. The maximum Gasteiger partial charge on any atom is 0.294 e. The van der Waals surface area contributed by atoms with E-state index in [0.29, 0.717) is 5.56 Å².